The zero-order valence-corrected chi connectivity index (χ0v) is 19.8. The number of anilines is 1. The van der Waals surface area contributed by atoms with Crippen molar-refractivity contribution in [2.75, 3.05) is 12.4 Å². The summed E-state index contributed by atoms with van der Waals surface area (Å²) in [5.41, 5.74) is -1.30. The lowest BCUT2D eigenvalue weighted by molar-refractivity contribution is -0.0498. The van der Waals surface area contributed by atoms with Gasteiger partial charge < -0.3 is 14.8 Å². The first kappa shape index (κ1) is 25.5. The molecule has 0 saturated heterocycles. The number of rotatable bonds is 7. The average Bonchev–Trinajstić information content (AvgIpc) is 3.08. The highest BCUT2D eigenvalue weighted by atomic mass is 19.3. The lowest BCUT2D eigenvalue weighted by Gasteiger charge is -2.13. The Labute approximate surface area is 207 Å². The predicted molar refractivity (Wildman–Crippen MR) is 126 cm³/mol. The molecule has 0 fully saturated rings. The number of amides is 1. The molecule has 0 bridgehead atoms. The molecule has 0 radical (unpaired) electrons. The molecular weight excluding hydrogens is 496 g/mol. The minimum atomic E-state index is -3.05. The summed E-state index contributed by atoms with van der Waals surface area (Å²) in [7, 11) is 2.62. The van der Waals surface area contributed by atoms with E-state index >= 15 is 8.78 Å². The van der Waals surface area contributed by atoms with Gasteiger partial charge in [0.2, 0.25) is 0 Å². The Morgan fingerprint density at radius 2 is 1.68 bits per heavy atom. The first-order valence-electron chi connectivity index (χ1n) is 10.8. The van der Waals surface area contributed by atoms with Gasteiger partial charge in [-0.2, -0.15) is 13.5 Å². The second-order valence-corrected chi connectivity index (χ2v) is 7.88. The first-order chi connectivity index (χ1) is 17.6. The lowest BCUT2D eigenvalue weighted by atomic mass is 10.1. The van der Waals surface area contributed by atoms with Gasteiger partial charge in [0.05, 0.1) is 12.7 Å². The van der Waals surface area contributed by atoms with Crippen LogP contribution < -0.4 is 20.3 Å². The van der Waals surface area contributed by atoms with E-state index < -0.39 is 41.0 Å². The zero-order chi connectivity index (χ0) is 26.9. The number of nitrogens with one attached hydrogen (secondary N) is 1. The maximum Gasteiger partial charge on any atom is 0.387 e. The Hall–Kier alpha value is -4.61. The summed E-state index contributed by atoms with van der Waals surface area (Å²) >= 11 is 0. The van der Waals surface area contributed by atoms with Crippen LogP contribution in [0.5, 0.6) is 11.5 Å². The average molecular weight is 516 g/mol. The van der Waals surface area contributed by atoms with Gasteiger partial charge in [0, 0.05) is 30.9 Å². The molecule has 0 spiro atoms. The van der Waals surface area contributed by atoms with E-state index in [9.17, 15) is 18.4 Å². The van der Waals surface area contributed by atoms with Crippen molar-refractivity contribution in [3.8, 4) is 28.6 Å². The Morgan fingerprint density at radius 1 is 1.03 bits per heavy atom. The largest absolute Gasteiger partial charge is 0.497 e. The number of pyridine rings is 1. The van der Waals surface area contributed by atoms with Gasteiger partial charge in [-0.15, -0.1) is 0 Å². The van der Waals surface area contributed by atoms with Gasteiger partial charge in [0.1, 0.15) is 34.5 Å². The molecule has 8 nitrogen and oxygen atoms in total. The minimum Gasteiger partial charge on any atom is -0.497 e. The van der Waals surface area contributed by atoms with Crippen LogP contribution in [-0.4, -0.2) is 34.0 Å². The van der Waals surface area contributed by atoms with Gasteiger partial charge in [-0.05, 0) is 42.8 Å². The Morgan fingerprint density at radius 3 is 2.22 bits per heavy atom. The molecule has 12 heteroatoms. The monoisotopic (exact) mass is 516 g/mol. The van der Waals surface area contributed by atoms with Crippen LogP contribution >= 0.6 is 0 Å². The molecule has 2 aromatic heterocycles. The van der Waals surface area contributed by atoms with Crippen molar-refractivity contribution in [3.05, 3.63) is 87.8 Å². The second-order valence-electron chi connectivity index (χ2n) is 7.88. The third-order valence-electron chi connectivity index (χ3n) is 5.45. The predicted octanol–water partition coefficient (Wildman–Crippen LogP) is 4.69. The van der Waals surface area contributed by atoms with Crippen LogP contribution in [0.25, 0.3) is 17.1 Å². The highest BCUT2D eigenvalue weighted by molar-refractivity contribution is 6.06. The van der Waals surface area contributed by atoms with Crippen LogP contribution in [0.3, 0.4) is 0 Å². The zero-order valence-electron chi connectivity index (χ0n) is 19.8. The molecule has 0 atom stereocenters. The van der Waals surface area contributed by atoms with Gasteiger partial charge >= 0.3 is 6.61 Å². The number of hydrogen-bond acceptors (Lipinski definition) is 5. The van der Waals surface area contributed by atoms with Crippen LogP contribution in [0.15, 0.2) is 59.5 Å². The summed E-state index contributed by atoms with van der Waals surface area (Å²) in [5.74, 6) is -3.02. The van der Waals surface area contributed by atoms with E-state index in [1.165, 1.54) is 43.2 Å². The van der Waals surface area contributed by atoms with E-state index in [0.717, 1.165) is 34.5 Å². The number of methoxy groups -OCH3 is 1. The van der Waals surface area contributed by atoms with E-state index in [2.05, 4.69) is 15.0 Å². The number of benzene rings is 2. The molecule has 1 amide bonds. The highest BCUT2D eigenvalue weighted by Gasteiger charge is 2.28. The molecule has 4 rings (SSSR count). The normalized spacial score (nSPS) is 11.0. The Bertz CT molecular complexity index is 1490. The molecular formula is C25H20F4N4O4. The van der Waals surface area contributed by atoms with Crippen molar-refractivity contribution >= 4 is 11.6 Å². The molecule has 0 saturated carbocycles. The van der Waals surface area contributed by atoms with Crippen molar-refractivity contribution in [1.29, 1.82) is 0 Å². The summed E-state index contributed by atoms with van der Waals surface area (Å²) in [6.07, 6.45) is 1.50. The number of carbonyl (C=O) groups is 1. The van der Waals surface area contributed by atoms with Gasteiger partial charge in [0.25, 0.3) is 11.5 Å². The first-order valence-corrected chi connectivity index (χ1v) is 10.8. The second kappa shape index (κ2) is 10.2. The van der Waals surface area contributed by atoms with Crippen molar-refractivity contribution in [3.63, 3.8) is 0 Å². The SMILES string of the molecule is COc1cc(F)c(-c2c(NC(=O)c3ccc(OC(F)F)cc3)c(=O)n(-c3ccc(C)cn3)n2C)c(F)c1. The van der Waals surface area contributed by atoms with Gasteiger partial charge in [-0.25, -0.2) is 13.8 Å². The summed E-state index contributed by atoms with van der Waals surface area (Å²) < 4.78 is 66.4. The molecule has 2 heterocycles. The standard InChI is InChI=1S/C25H20F4N4O4/c1-13-4-9-19(30-12-13)33-24(35)21(31-23(34)14-5-7-15(8-6-14)37-25(28)29)22(32(33)2)20-17(26)10-16(36-3)11-18(20)27/h4-12,25H,1-3H3,(H,31,34). The minimum absolute atomic E-state index is 0.0218. The topological polar surface area (TPSA) is 87.4 Å². The van der Waals surface area contributed by atoms with Crippen LogP contribution in [0.2, 0.25) is 0 Å². The van der Waals surface area contributed by atoms with Crippen LogP contribution in [-0.2, 0) is 7.05 Å². The van der Waals surface area contributed by atoms with Crippen molar-refractivity contribution in [1.82, 2.24) is 14.3 Å². The van der Waals surface area contributed by atoms with Crippen LogP contribution in [0.1, 0.15) is 15.9 Å². The highest BCUT2D eigenvalue weighted by Crippen LogP contribution is 2.34. The summed E-state index contributed by atoms with van der Waals surface area (Å²) in [5, 5.41) is 2.40. The molecule has 4 aromatic rings. The molecule has 0 aliphatic heterocycles. The maximum atomic E-state index is 15.1. The molecule has 37 heavy (non-hydrogen) atoms. The van der Waals surface area contributed by atoms with Crippen LogP contribution in [0.4, 0.5) is 23.2 Å². The number of nitrogens with zero attached hydrogens (tertiary/aromatic N) is 3. The number of alkyl halides is 2. The Balaban J connectivity index is 1.86. The summed E-state index contributed by atoms with van der Waals surface area (Å²) in [4.78, 5) is 30.7. The van der Waals surface area contributed by atoms with E-state index in [0.29, 0.717) is 0 Å². The van der Waals surface area contributed by atoms with Crippen molar-refractivity contribution in [2.24, 2.45) is 7.05 Å². The van der Waals surface area contributed by atoms with Gasteiger partial charge in [0.15, 0.2) is 5.82 Å². The summed E-state index contributed by atoms with van der Waals surface area (Å²) in [6, 6.07) is 9.80. The smallest absolute Gasteiger partial charge is 0.387 e. The fourth-order valence-electron chi connectivity index (χ4n) is 3.72. The van der Waals surface area contributed by atoms with Crippen molar-refractivity contribution in [2.45, 2.75) is 13.5 Å². The van der Waals surface area contributed by atoms with Gasteiger partial charge in [-0.3, -0.25) is 14.3 Å². The fraction of sp³-hybridized carbons (Fsp3) is 0.160. The molecule has 2 aromatic carbocycles. The quantitative estimate of drug-likeness (QED) is 0.361. The number of hydrogen-bond donors (Lipinski definition) is 1. The van der Waals surface area contributed by atoms with E-state index in [1.54, 1.807) is 13.0 Å². The van der Waals surface area contributed by atoms with E-state index in [1.807, 2.05) is 0 Å². The summed E-state index contributed by atoms with van der Waals surface area (Å²) in [6.45, 7) is -1.25. The number of carbonyl (C=O) groups excluding carboxylic acids is 1. The number of aryl methyl sites for hydroxylation is 1. The Kier molecular flexibility index (Phi) is 7.00. The van der Waals surface area contributed by atoms with E-state index in [4.69, 9.17) is 4.74 Å². The van der Waals surface area contributed by atoms with Crippen LogP contribution in [0, 0.1) is 18.6 Å². The van der Waals surface area contributed by atoms with Crippen molar-refractivity contribution < 1.29 is 31.8 Å². The number of halogens is 4. The lowest BCUT2D eigenvalue weighted by Crippen LogP contribution is -2.23. The molecule has 0 aliphatic rings. The number of ether oxygens (including phenoxy) is 2. The number of aromatic nitrogens is 3. The third kappa shape index (κ3) is 5.03. The fourth-order valence-corrected chi connectivity index (χ4v) is 3.72. The third-order valence-corrected chi connectivity index (χ3v) is 5.45. The molecule has 1 N–H and O–H groups in total. The van der Waals surface area contributed by atoms with E-state index in [-0.39, 0.29) is 28.6 Å². The maximum absolute atomic E-state index is 15.1. The molecule has 192 valence electrons. The van der Waals surface area contributed by atoms with Gasteiger partial charge in [-0.1, -0.05) is 6.07 Å². The molecule has 0 unspecified atom stereocenters. The molecule has 0 aliphatic carbocycles.